The minimum Gasteiger partial charge on any atom is -0.493 e. The van der Waals surface area contributed by atoms with Gasteiger partial charge in [0.2, 0.25) is 0 Å². The molecule has 110 valence electrons. The second-order valence-electron chi connectivity index (χ2n) is 4.84. The first kappa shape index (κ1) is 15.8. The first-order valence-corrected chi connectivity index (χ1v) is 7.99. The summed E-state index contributed by atoms with van der Waals surface area (Å²) in [6.45, 7) is 2.68. The van der Waals surface area contributed by atoms with Gasteiger partial charge < -0.3 is 4.74 Å². The van der Waals surface area contributed by atoms with Crippen LogP contribution in [-0.2, 0) is 6.42 Å². The lowest BCUT2D eigenvalue weighted by Gasteiger charge is -2.09. The average Bonchev–Trinajstić information content (AvgIpc) is 2.52. The summed E-state index contributed by atoms with van der Waals surface area (Å²) in [5.41, 5.74) is 1.96. The Morgan fingerprint density at radius 1 is 1.10 bits per heavy atom. The first-order chi connectivity index (χ1) is 10.2. The molecule has 0 aromatic heterocycles. The van der Waals surface area contributed by atoms with Gasteiger partial charge in [0, 0.05) is 16.5 Å². The van der Waals surface area contributed by atoms with Crippen molar-refractivity contribution in [2.75, 3.05) is 6.61 Å². The molecule has 0 saturated carbocycles. The van der Waals surface area contributed by atoms with Crippen LogP contribution in [0.1, 0.15) is 35.7 Å². The molecule has 0 aliphatic carbocycles. The van der Waals surface area contributed by atoms with E-state index < -0.39 is 0 Å². The predicted molar refractivity (Wildman–Crippen MR) is 89.0 cm³/mol. The summed E-state index contributed by atoms with van der Waals surface area (Å²) in [6.07, 6.45) is 2.19. The van der Waals surface area contributed by atoms with Gasteiger partial charge in [-0.15, -0.1) is 0 Å². The molecule has 0 N–H and O–H groups in total. The highest BCUT2D eigenvalue weighted by Crippen LogP contribution is 2.19. The van der Waals surface area contributed by atoms with Crippen molar-refractivity contribution >= 4 is 21.7 Å². The molecular formula is C18H19BrO2. The van der Waals surface area contributed by atoms with Crippen LogP contribution >= 0.6 is 15.9 Å². The number of carbonyl (C=O) groups excluding carboxylic acids is 1. The lowest BCUT2D eigenvalue weighted by Crippen LogP contribution is -2.04. The number of carbonyl (C=O) groups is 1. The van der Waals surface area contributed by atoms with Gasteiger partial charge in [-0.25, -0.2) is 0 Å². The number of benzene rings is 2. The minimum absolute atomic E-state index is 0.162. The van der Waals surface area contributed by atoms with E-state index in [9.17, 15) is 4.79 Å². The molecular weight excluding hydrogens is 328 g/mol. The number of halogens is 1. The van der Waals surface area contributed by atoms with E-state index in [0.29, 0.717) is 13.0 Å². The van der Waals surface area contributed by atoms with E-state index in [2.05, 4.69) is 28.9 Å². The zero-order valence-electron chi connectivity index (χ0n) is 12.1. The Balaban J connectivity index is 1.79. The SMILES string of the molecule is CCc1ccccc1OCCCC(=O)c1ccc(Br)cc1. The van der Waals surface area contributed by atoms with Gasteiger partial charge in [0.1, 0.15) is 5.75 Å². The molecule has 0 amide bonds. The van der Waals surface area contributed by atoms with E-state index in [0.717, 1.165) is 28.6 Å². The fraction of sp³-hybridized carbons (Fsp3) is 0.278. The molecule has 2 nitrogen and oxygen atoms in total. The summed E-state index contributed by atoms with van der Waals surface area (Å²) >= 11 is 3.37. The van der Waals surface area contributed by atoms with Crippen molar-refractivity contribution in [3.63, 3.8) is 0 Å². The van der Waals surface area contributed by atoms with Gasteiger partial charge in [-0.05, 0) is 36.6 Å². The Bertz CT molecular complexity index is 590. The maximum Gasteiger partial charge on any atom is 0.163 e. The van der Waals surface area contributed by atoms with Crippen molar-refractivity contribution in [1.82, 2.24) is 0 Å². The number of hydrogen-bond acceptors (Lipinski definition) is 2. The van der Waals surface area contributed by atoms with Gasteiger partial charge in [0.25, 0.3) is 0 Å². The maximum atomic E-state index is 12.0. The summed E-state index contributed by atoms with van der Waals surface area (Å²) in [6, 6.07) is 15.5. The Labute approximate surface area is 134 Å². The predicted octanol–water partition coefficient (Wildman–Crippen LogP) is 5.05. The maximum absolute atomic E-state index is 12.0. The van der Waals surface area contributed by atoms with E-state index in [4.69, 9.17) is 4.74 Å². The van der Waals surface area contributed by atoms with Crippen molar-refractivity contribution in [3.8, 4) is 5.75 Å². The van der Waals surface area contributed by atoms with Gasteiger partial charge in [0.15, 0.2) is 5.78 Å². The van der Waals surface area contributed by atoms with Crippen LogP contribution < -0.4 is 4.74 Å². The van der Waals surface area contributed by atoms with Gasteiger partial charge in [-0.1, -0.05) is 53.2 Å². The van der Waals surface area contributed by atoms with Crippen molar-refractivity contribution < 1.29 is 9.53 Å². The van der Waals surface area contributed by atoms with Crippen LogP contribution in [0.25, 0.3) is 0 Å². The number of hydrogen-bond donors (Lipinski definition) is 0. The fourth-order valence-electron chi connectivity index (χ4n) is 2.13. The van der Waals surface area contributed by atoms with Crippen LogP contribution in [0.5, 0.6) is 5.75 Å². The summed E-state index contributed by atoms with van der Waals surface area (Å²) in [5.74, 6) is 1.09. The van der Waals surface area contributed by atoms with Crippen LogP contribution in [-0.4, -0.2) is 12.4 Å². The lowest BCUT2D eigenvalue weighted by atomic mass is 10.1. The topological polar surface area (TPSA) is 26.3 Å². The third-order valence-corrected chi connectivity index (χ3v) is 3.85. The van der Waals surface area contributed by atoms with E-state index >= 15 is 0 Å². The average molecular weight is 347 g/mol. The Hall–Kier alpha value is -1.61. The largest absolute Gasteiger partial charge is 0.493 e. The number of Topliss-reactive ketones (excluding diaryl/α,β-unsaturated/α-hetero) is 1. The van der Waals surface area contributed by atoms with Crippen molar-refractivity contribution in [1.29, 1.82) is 0 Å². The molecule has 0 bridgehead atoms. The van der Waals surface area contributed by atoms with E-state index in [1.54, 1.807) is 0 Å². The number of rotatable bonds is 7. The molecule has 0 fully saturated rings. The summed E-state index contributed by atoms with van der Waals surface area (Å²) in [7, 11) is 0. The van der Waals surface area contributed by atoms with Crippen molar-refractivity contribution in [2.24, 2.45) is 0 Å². The molecule has 2 rings (SSSR count). The fourth-order valence-corrected chi connectivity index (χ4v) is 2.40. The van der Waals surface area contributed by atoms with Crippen molar-refractivity contribution in [2.45, 2.75) is 26.2 Å². The zero-order valence-corrected chi connectivity index (χ0v) is 13.7. The molecule has 0 aliphatic heterocycles. The number of para-hydroxylation sites is 1. The van der Waals surface area contributed by atoms with Crippen LogP contribution in [0.3, 0.4) is 0 Å². The third-order valence-electron chi connectivity index (χ3n) is 3.33. The third kappa shape index (κ3) is 4.71. The van der Waals surface area contributed by atoms with Gasteiger partial charge >= 0.3 is 0 Å². The second kappa shape index (κ2) is 7.99. The van der Waals surface area contributed by atoms with Gasteiger partial charge in [0.05, 0.1) is 6.61 Å². The summed E-state index contributed by atoms with van der Waals surface area (Å²) < 4.78 is 6.76. The molecule has 3 heteroatoms. The van der Waals surface area contributed by atoms with E-state index in [1.165, 1.54) is 5.56 Å². The van der Waals surface area contributed by atoms with E-state index in [1.807, 2.05) is 42.5 Å². The lowest BCUT2D eigenvalue weighted by molar-refractivity contribution is 0.0973. The van der Waals surface area contributed by atoms with Crippen LogP contribution in [0.2, 0.25) is 0 Å². The smallest absolute Gasteiger partial charge is 0.163 e. The molecule has 0 aliphatic rings. The number of ketones is 1. The zero-order chi connectivity index (χ0) is 15.1. The normalized spacial score (nSPS) is 10.4. The second-order valence-corrected chi connectivity index (χ2v) is 5.76. The van der Waals surface area contributed by atoms with Gasteiger partial charge in [-0.3, -0.25) is 4.79 Å². The molecule has 2 aromatic carbocycles. The first-order valence-electron chi connectivity index (χ1n) is 7.20. The summed E-state index contributed by atoms with van der Waals surface area (Å²) in [5, 5.41) is 0. The highest BCUT2D eigenvalue weighted by Gasteiger charge is 2.06. The minimum atomic E-state index is 0.162. The monoisotopic (exact) mass is 346 g/mol. The highest BCUT2D eigenvalue weighted by molar-refractivity contribution is 9.10. The molecule has 2 aromatic rings. The highest BCUT2D eigenvalue weighted by atomic mass is 79.9. The molecule has 0 spiro atoms. The Morgan fingerprint density at radius 2 is 1.81 bits per heavy atom. The molecule has 0 heterocycles. The Morgan fingerprint density at radius 3 is 2.52 bits per heavy atom. The molecule has 0 radical (unpaired) electrons. The standard InChI is InChI=1S/C18H19BrO2/c1-2-14-6-3-4-8-18(14)21-13-5-7-17(20)15-9-11-16(19)12-10-15/h3-4,6,8-12H,2,5,7,13H2,1H3. The number of ether oxygens (including phenoxy) is 1. The number of aryl methyl sites for hydroxylation is 1. The Kier molecular flexibility index (Phi) is 6.00. The van der Waals surface area contributed by atoms with Crippen LogP contribution in [0, 0.1) is 0 Å². The molecule has 21 heavy (non-hydrogen) atoms. The molecule has 0 unspecified atom stereocenters. The quantitative estimate of drug-likeness (QED) is 0.517. The van der Waals surface area contributed by atoms with Crippen LogP contribution in [0.15, 0.2) is 53.0 Å². The van der Waals surface area contributed by atoms with E-state index in [-0.39, 0.29) is 5.78 Å². The molecule has 0 saturated heterocycles. The summed E-state index contributed by atoms with van der Waals surface area (Å²) in [4.78, 5) is 12.0. The van der Waals surface area contributed by atoms with Gasteiger partial charge in [-0.2, -0.15) is 0 Å². The van der Waals surface area contributed by atoms with Crippen molar-refractivity contribution in [3.05, 3.63) is 64.1 Å². The molecule has 0 atom stereocenters. The van der Waals surface area contributed by atoms with Crippen LogP contribution in [0.4, 0.5) is 0 Å².